The SMILES string of the molecule is CCCCNC(=O)c1ccc2c(c1)CNC2. The van der Waals surface area contributed by atoms with Gasteiger partial charge in [0.15, 0.2) is 0 Å². The summed E-state index contributed by atoms with van der Waals surface area (Å²) >= 11 is 0. The molecule has 2 N–H and O–H groups in total. The first kappa shape index (κ1) is 11.1. The Balaban J connectivity index is 2.01. The van der Waals surface area contributed by atoms with E-state index in [-0.39, 0.29) is 5.91 Å². The monoisotopic (exact) mass is 218 g/mol. The van der Waals surface area contributed by atoms with E-state index >= 15 is 0 Å². The van der Waals surface area contributed by atoms with Gasteiger partial charge in [0.25, 0.3) is 5.91 Å². The van der Waals surface area contributed by atoms with Gasteiger partial charge in [-0.3, -0.25) is 4.79 Å². The molecule has 0 fully saturated rings. The van der Waals surface area contributed by atoms with Crippen molar-refractivity contribution in [2.75, 3.05) is 6.54 Å². The minimum Gasteiger partial charge on any atom is -0.352 e. The summed E-state index contributed by atoms with van der Waals surface area (Å²) in [5, 5.41) is 6.21. The van der Waals surface area contributed by atoms with Gasteiger partial charge in [0.05, 0.1) is 0 Å². The Labute approximate surface area is 96.2 Å². The lowest BCUT2D eigenvalue weighted by Gasteiger charge is -2.05. The lowest BCUT2D eigenvalue weighted by Crippen LogP contribution is -2.24. The predicted molar refractivity (Wildman–Crippen MR) is 64.2 cm³/mol. The summed E-state index contributed by atoms with van der Waals surface area (Å²) in [5.41, 5.74) is 3.34. The van der Waals surface area contributed by atoms with E-state index in [2.05, 4.69) is 17.6 Å². The molecule has 1 amide bonds. The largest absolute Gasteiger partial charge is 0.352 e. The molecule has 0 aromatic heterocycles. The lowest BCUT2D eigenvalue weighted by molar-refractivity contribution is 0.0953. The molecular weight excluding hydrogens is 200 g/mol. The van der Waals surface area contributed by atoms with Crippen LogP contribution in [0.4, 0.5) is 0 Å². The Bertz CT molecular complexity index is 388. The summed E-state index contributed by atoms with van der Waals surface area (Å²) in [6, 6.07) is 5.95. The van der Waals surface area contributed by atoms with Crippen LogP contribution in [0.25, 0.3) is 0 Å². The molecule has 3 heteroatoms. The zero-order valence-electron chi connectivity index (χ0n) is 9.68. The van der Waals surface area contributed by atoms with Gasteiger partial charge in [-0.05, 0) is 29.7 Å². The minimum absolute atomic E-state index is 0.0446. The van der Waals surface area contributed by atoms with Crippen LogP contribution in [0.1, 0.15) is 41.3 Å². The van der Waals surface area contributed by atoms with Crippen molar-refractivity contribution in [2.45, 2.75) is 32.9 Å². The van der Waals surface area contributed by atoms with Gasteiger partial charge >= 0.3 is 0 Å². The van der Waals surface area contributed by atoms with E-state index in [1.165, 1.54) is 11.1 Å². The number of rotatable bonds is 4. The van der Waals surface area contributed by atoms with Crippen molar-refractivity contribution in [1.29, 1.82) is 0 Å². The normalized spacial score (nSPS) is 13.6. The predicted octanol–water partition coefficient (Wildman–Crippen LogP) is 1.82. The third-order valence-corrected chi connectivity index (χ3v) is 2.92. The second-order valence-electron chi connectivity index (χ2n) is 4.20. The second-order valence-corrected chi connectivity index (χ2v) is 4.20. The topological polar surface area (TPSA) is 41.1 Å². The van der Waals surface area contributed by atoms with Crippen molar-refractivity contribution in [3.8, 4) is 0 Å². The van der Waals surface area contributed by atoms with E-state index in [1.807, 2.05) is 18.2 Å². The number of hydrogen-bond donors (Lipinski definition) is 2. The van der Waals surface area contributed by atoms with Crippen molar-refractivity contribution in [1.82, 2.24) is 10.6 Å². The Kier molecular flexibility index (Phi) is 3.57. The quantitative estimate of drug-likeness (QED) is 0.757. The maximum Gasteiger partial charge on any atom is 0.251 e. The average Bonchev–Trinajstić information content (AvgIpc) is 2.76. The van der Waals surface area contributed by atoms with Gasteiger partial charge in [-0.1, -0.05) is 19.4 Å². The Morgan fingerprint density at radius 2 is 2.19 bits per heavy atom. The number of nitrogens with one attached hydrogen (secondary N) is 2. The summed E-state index contributed by atoms with van der Waals surface area (Å²) in [5.74, 6) is 0.0446. The number of unbranched alkanes of at least 4 members (excludes halogenated alkanes) is 1. The maximum atomic E-state index is 11.8. The molecule has 1 aromatic carbocycles. The smallest absolute Gasteiger partial charge is 0.251 e. The van der Waals surface area contributed by atoms with Crippen LogP contribution in [-0.4, -0.2) is 12.5 Å². The summed E-state index contributed by atoms with van der Waals surface area (Å²) in [6.07, 6.45) is 2.15. The van der Waals surface area contributed by atoms with Crippen LogP contribution in [0.3, 0.4) is 0 Å². The van der Waals surface area contributed by atoms with E-state index in [0.717, 1.165) is 38.0 Å². The molecule has 1 aliphatic rings. The number of carbonyl (C=O) groups excluding carboxylic acids is 1. The lowest BCUT2D eigenvalue weighted by atomic mass is 10.1. The molecule has 0 saturated heterocycles. The van der Waals surface area contributed by atoms with Gasteiger partial charge in [-0.15, -0.1) is 0 Å². The fourth-order valence-corrected chi connectivity index (χ4v) is 1.92. The van der Waals surface area contributed by atoms with Gasteiger partial charge in [0, 0.05) is 25.2 Å². The highest BCUT2D eigenvalue weighted by atomic mass is 16.1. The van der Waals surface area contributed by atoms with Crippen molar-refractivity contribution < 1.29 is 4.79 Å². The first-order valence-corrected chi connectivity index (χ1v) is 5.92. The van der Waals surface area contributed by atoms with Crippen LogP contribution < -0.4 is 10.6 Å². The maximum absolute atomic E-state index is 11.8. The second kappa shape index (κ2) is 5.12. The van der Waals surface area contributed by atoms with Crippen LogP contribution >= 0.6 is 0 Å². The fraction of sp³-hybridized carbons (Fsp3) is 0.462. The molecule has 1 aromatic rings. The first-order chi connectivity index (χ1) is 7.81. The average molecular weight is 218 g/mol. The van der Waals surface area contributed by atoms with Crippen molar-refractivity contribution in [2.24, 2.45) is 0 Å². The molecule has 16 heavy (non-hydrogen) atoms. The number of fused-ring (bicyclic) bond motifs is 1. The van der Waals surface area contributed by atoms with Gasteiger partial charge < -0.3 is 10.6 Å². The molecule has 0 bridgehead atoms. The Hall–Kier alpha value is -1.35. The Morgan fingerprint density at radius 1 is 1.38 bits per heavy atom. The van der Waals surface area contributed by atoms with Crippen molar-refractivity contribution >= 4 is 5.91 Å². The highest BCUT2D eigenvalue weighted by molar-refractivity contribution is 5.94. The van der Waals surface area contributed by atoms with Crippen LogP contribution in [0.15, 0.2) is 18.2 Å². The molecule has 0 atom stereocenters. The Morgan fingerprint density at radius 3 is 3.00 bits per heavy atom. The number of hydrogen-bond acceptors (Lipinski definition) is 2. The van der Waals surface area contributed by atoms with Gasteiger partial charge in [-0.25, -0.2) is 0 Å². The summed E-state index contributed by atoms with van der Waals surface area (Å²) in [6.45, 7) is 4.69. The van der Waals surface area contributed by atoms with Crippen molar-refractivity contribution in [3.05, 3.63) is 34.9 Å². The summed E-state index contributed by atoms with van der Waals surface area (Å²) < 4.78 is 0. The number of benzene rings is 1. The molecule has 0 aliphatic carbocycles. The zero-order valence-corrected chi connectivity index (χ0v) is 9.68. The van der Waals surface area contributed by atoms with Crippen LogP contribution in [-0.2, 0) is 13.1 Å². The van der Waals surface area contributed by atoms with E-state index in [9.17, 15) is 4.79 Å². The van der Waals surface area contributed by atoms with E-state index < -0.39 is 0 Å². The third kappa shape index (κ3) is 2.42. The minimum atomic E-state index is 0.0446. The van der Waals surface area contributed by atoms with E-state index in [4.69, 9.17) is 0 Å². The van der Waals surface area contributed by atoms with Crippen molar-refractivity contribution in [3.63, 3.8) is 0 Å². The number of carbonyl (C=O) groups is 1. The molecule has 86 valence electrons. The molecule has 0 saturated carbocycles. The molecule has 3 nitrogen and oxygen atoms in total. The highest BCUT2D eigenvalue weighted by Crippen LogP contribution is 2.16. The van der Waals surface area contributed by atoms with E-state index in [0.29, 0.717) is 0 Å². The number of amides is 1. The summed E-state index contributed by atoms with van der Waals surface area (Å²) in [4.78, 5) is 11.8. The zero-order chi connectivity index (χ0) is 11.4. The molecule has 0 spiro atoms. The van der Waals surface area contributed by atoms with E-state index in [1.54, 1.807) is 0 Å². The molecule has 1 heterocycles. The molecular formula is C13H18N2O. The molecule has 1 aliphatic heterocycles. The first-order valence-electron chi connectivity index (χ1n) is 5.92. The van der Waals surface area contributed by atoms with Crippen LogP contribution in [0.2, 0.25) is 0 Å². The summed E-state index contributed by atoms with van der Waals surface area (Å²) in [7, 11) is 0. The van der Waals surface area contributed by atoms with Gasteiger partial charge in [0.1, 0.15) is 0 Å². The van der Waals surface area contributed by atoms with Crippen LogP contribution in [0, 0.1) is 0 Å². The van der Waals surface area contributed by atoms with Gasteiger partial charge in [0.2, 0.25) is 0 Å². The van der Waals surface area contributed by atoms with Gasteiger partial charge in [-0.2, -0.15) is 0 Å². The highest BCUT2D eigenvalue weighted by Gasteiger charge is 2.12. The standard InChI is InChI=1S/C13H18N2O/c1-2-3-6-15-13(16)10-4-5-11-8-14-9-12(11)7-10/h4-5,7,14H,2-3,6,8-9H2,1H3,(H,15,16). The molecule has 0 unspecified atom stereocenters. The third-order valence-electron chi connectivity index (χ3n) is 2.92. The fourth-order valence-electron chi connectivity index (χ4n) is 1.92. The molecule has 2 rings (SSSR count). The molecule has 0 radical (unpaired) electrons. The van der Waals surface area contributed by atoms with Crippen LogP contribution in [0.5, 0.6) is 0 Å².